The number of thioether (sulfide) groups is 1. The summed E-state index contributed by atoms with van der Waals surface area (Å²) in [6.45, 7) is 0. The van der Waals surface area contributed by atoms with Gasteiger partial charge in [-0.15, -0.1) is 0 Å². The molecule has 0 aromatic heterocycles. The van der Waals surface area contributed by atoms with Gasteiger partial charge in [-0.05, 0) is 80.6 Å². The maximum Gasteiger partial charge on any atom is 0.416 e. The molecular formula is C23H17Br2F3N2O4S2. The molecule has 1 aliphatic heterocycles. The zero-order valence-electron chi connectivity index (χ0n) is 18.3. The number of alkyl halides is 3. The minimum atomic E-state index is -4.73. The Morgan fingerprint density at radius 3 is 2.36 bits per heavy atom. The first kappa shape index (κ1) is 27.1. The van der Waals surface area contributed by atoms with Crippen LogP contribution in [0, 0.1) is 10.1 Å². The number of hydrogen-bond acceptors (Lipinski definition) is 6. The van der Waals surface area contributed by atoms with Crippen molar-refractivity contribution in [2.45, 2.75) is 44.3 Å². The molecule has 190 valence electrons. The highest BCUT2D eigenvalue weighted by molar-refractivity contribution is 9.11. The van der Waals surface area contributed by atoms with E-state index in [4.69, 9.17) is 17.0 Å². The normalized spacial score (nSPS) is 18.2. The molecule has 0 bridgehead atoms. The Hall–Kier alpha value is -1.96. The lowest BCUT2D eigenvalue weighted by Crippen LogP contribution is -2.39. The van der Waals surface area contributed by atoms with Crippen LogP contribution >= 0.6 is 55.8 Å². The van der Waals surface area contributed by atoms with Crippen molar-refractivity contribution in [2.75, 3.05) is 0 Å². The molecule has 0 unspecified atom stereocenters. The number of rotatable bonds is 5. The van der Waals surface area contributed by atoms with Crippen molar-refractivity contribution in [3.05, 3.63) is 65.4 Å². The molecule has 0 atom stereocenters. The van der Waals surface area contributed by atoms with E-state index in [1.165, 1.54) is 11.8 Å². The summed E-state index contributed by atoms with van der Waals surface area (Å²) in [7, 11) is 0. The Labute approximate surface area is 230 Å². The van der Waals surface area contributed by atoms with Gasteiger partial charge in [0.25, 0.3) is 5.91 Å². The lowest BCUT2D eigenvalue weighted by Gasteiger charge is -2.29. The number of carbonyl (C=O) groups is 1. The van der Waals surface area contributed by atoms with E-state index in [1.807, 2.05) is 0 Å². The van der Waals surface area contributed by atoms with Crippen molar-refractivity contribution in [3.8, 4) is 11.5 Å². The average Bonchev–Trinajstić information content (AvgIpc) is 3.08. The minimum Gasteiger partial charge on any atom is -0.448 e. The number of nitro benzene ring substituents is 1. The molecule has 2 aliphatic rings. The third-order valence-electron chi connectivity index (χ3n) is 5.78. The fourth-order valence-corrected chi connectivity index (χ4v) is 6.86. The minimum absolute atomic E-state index is 0.117. The second-order valence-electron chi connectivity index (χ2n) is 8.20. The molecule has 2 aromatic carbocycles. The highest BCUT2D eigenvalue weighted by Gasteiger charge is 2.37. The lowest BCUT2D eigenvalue weighted by atomic mass is 9.94. The Balaban J connectivity index is 1.60. The quantitative estimate of drug-likeness (QED) is 0.138. The van der Waals surface area contributed by atoms with Gasteiger partial charge in [0.1, 0.15) is 4.32 Å². The van der Waals surface area contributed by atoms with Gasteiger partial charge in [0.15, 0.2) is 5.75 Å². The van der Waals surface area contributed by atoms with Gasteiger partial charge in [0.2, 0.25) is 5.75 Å². The molecule has 2 fully saturated rings. The number of nitro groups is 1. The molecule has 1 heterocycles. The molecule has 0 spiro atoms. The predicted molar refractivity (Wildman–Crippen MR) is 142 cm³/mol. The van der Waals surface area contributed by atoms with Crippen molar-refractivity contribution in [1.82, 2.24) is 4.90 Å². The van der Waals surface area contributed by atoms with Gasteiger partial charge in [0, 0.05) is 12.1 Å². The maximum atomic E-state index is 13.1. The van der Waals surface area contributed by atoms with Crippen LogP contribution in [0.3, 0.4) is 0 Å². The van der Waals surface area contributed by atoms with Crippen LogP contribution in [-0.2, 0) is 11.0 Å². The topological polar surface area (TPSA) is 72.7 Å². The summed E-state index contributed by atoms with van der Waals surface area (Å²) in [6, 6.07) is 5.45. The lowest BCUT2D eigenvalue weighted by molar-refractivity contribution is -0.385. The highest BCUT2D eigenvalue weighted by Crippen LogP contribution is 2.44. The average molecular weight is 666 g/mol. The summed E-state index contributed by atoms with van der Waals surface area (Å²) < 4.78 is 45.9. The van der Waals surface area contributed by atoms with Crippen molar-refractivity contribution in [1.29, 1.82) is 0 Å². The third kappa shape index (κ3) is 5.79. The van der Waals surface area contributed by atoms with Crippen molar-refractivity contribution >= 4 is 77.8 Å². The number of thiocarbonyl (C=S) groups is 1. The first-order chi connectivity index (χ1) is 17.0. The molecule has 1 aliphatic carbocycles. The van der Waals surface area contributed by atoms with E-state index in [9.17, 15) is 28.1 Å². The Kier molecular flexibility index (Phi) is 8.13. The molecule has 0 N–H and O–H groups in total. The second-order valence-corrected chi connectivity index (χ2v) is 11.6. The van der Waals surface area contributed by atoms with Crippen LogP contribution in [0.15, 0.2) is 44.2 Å². The Morgan fingerprint density at radius 1 is 1.14 bits per heavy atom. The highest BCUT2D eigenvalue weighted by atomic mass is 79.9. The SMILES string of the molecule is O=C1C(=Cc2cc(Br)c(Oc3ccc(C(F)(F)F)cc3[N+](=O)[O-])c(Br)c2)SC(=S)N1C1CCCCC1. The van der Waals surface area contributed by atoms with E-state index in [0.29, 0.717) is 35.9 Å². The van der Waals surface area contributed by atoms with Gasteiger partial charge in [-0.1, -0.05) is 43.2 Å². The first-order valence-electron chi connectivity index (χ1n) is 10.8. The first-order valence-corrected chi connectivity index (χ1v) is 13.6. The summed E-state index contributed by atoms with van der Waals surface area (Å²) in [5.74, 6) is -0.356. The molecule has 1 saturated carbocycles. The number of hydrogen-bond donors (Lipinski definition) is 0. The molecule has 36 heavy (non-hydrogen) atoms. The van der Waals surface area contributed by atoms with Crippen LogP contribution in [0.4, 0.5) is 18.9 Å². The van der Waals surface area contributed by atoms with Crippen LogP contribution in [0.2, 0.25) is 0 Å². The van der Waals surface area contributed by atoms with Gasteiger partial charge in [-0.3, -0.25) is 19.8 Å². The molecule has 4 rings (SSSR count). The van der Waals surface area contributed by atoms with Crippen molar-refractivity contribution < 1.29 is 27.6 Å². The summed E-state index contributed by atoms with van der Waals surface area (Å²) >= 11 is 13.4. The number of carbonyl (C=O) groups excluding carboxylic acids is 1. The van der Waals surface area contributed by atoms with E-state index in [-0.39, 0.29) is 23.4 Å². The fourth-order valence-electron chi connectivity index (χ4n) is 4.08. The van der Waals surface area contributed by atoms with Crippen molar-refractivity contribution in [3.63, 3.8) is 0 Å². The monoisotopic (exact) mass is 664 g/mol. The largest absolute Gasteiger partial charge is 0.448 e. The predicted octanol–water partition coefficient (Wildman–Crippen LogP) is 8.46. The smallest absolute Gasteiger partial charge is 0.416 e. The Morgan fingerprint density at radius 2 is 1.78 bits per heavy atom. The van der Waals surface area contributed by atoms with E-state index < -0.39 is 22.4 Å². The van der Waals surface area contributed by atoms with Crippen LogP contribution in [0.1, 0.15) is 43.2 Å². The van der Waals surface area contributed by atoms with Gasteiger partial charge in [-0.25, -0.2) is 0 Å². The van der Waals surface area contributed by atoms with Gasteiger partial charge < -0.3 is 4.74 Å². The van der Waals surface area contributed by atoms with Crippen LogP contribution in [0.25, 0.3) is 6.08 Å². The second kappa shape index (κ2) is 10.8. The van der Waals surface area contributed by atoms with E-state index in [2.05, 4.69) is 31.9 Å². The molecule has 0 radical (unpaired) electrons. The number of halogens is 5. The zero-order valence-corrected chi connectivity index (χ0v) is 23.1. The molecule has 1 amide bonds. The van der Waals surface area contributed by atoms with Crippen LogP contribution < -0.4 is 4.74 Å². The van der Waals surface area contributed by atoms with E-state index in [0.717, 1.165) is 38.2 Å². The zero-order chi connectivity index (χ0) is 26.2. The fraction of sp³-hybridized carbons (Fsp3) is 0.304. The number of ether oxygens (including phenoxy) is 1. The number of benzene rings is 2. The van der Waals surface area contributed by atoms with E-state index >= 15 is 0 Å². The van der Waals surface area contributed by atoms with Crippen LogP contribution in [-0.4, -0.2) is 26.1 Å². The summed E-state index contributed by atoms with van der Waals surface area (Å²) in [4.78, 5) is 25.7. The Bertz CT molecular complexity index is 1260. The summed E-state index contributed by atoms with van der Waals surface area (Å²) in [6.07, 6.45) is 2.12. The van der Waals surface area contributed by atoms with Gasteiger partial charge in [-0.2, -0.15) is 13.2 Å². The van der Waals surface area contributed by atoms with Crippen molar-refractivity contribution in [2.24, 2.45) is 0 Å². The number of nitrogens with zero attached hydrogens (tertiary/aromatic N) is 2. The summed E-state index contributed by atoms with van der Waals surface area (Å²) in [5.41, 5.74) is -1.34. The molecular weight excluding hydrogens is 649 g/mol. The third-order valence-corrected chi connectivity index (χ3v) is 8.29. The molecule has 13 heteroatoms. The molecule has 2 aromatic rings. The van der Waals surface area contributed by atoms with E-state index in [1.54, 1.807) is 23.1 Å². The van der Waals surface area contributed by atoms with Crippen LogP contribution in [0.5, 0.6) is 11.5 Å². The maximum absolute atomic E-state index is 13.1. The summed E-state index contributed by atoms with van der Waals surface area (Å²) in [5, 5.41) is 11.4. The molecule has 6 nitrogen and oxygen atoms in total. The standard InChI is InChI=1S/C23H17Br2F3N2O4S2/c24-15-8-12(10-19-21(31)29(22(35)36-19)14-4-2-1-3-5-14)9-16(25)20(15)34-18-7-6-13(23(26,27)28)11-17(18)30(32)33/h6-11,14H,1-5H2. The molecule has 1 saturated heterocycles. The number of amides is 1. The van der Waals surface area contributed by atoms with Gasteiger partial charge in [0.05, 0.1) is 24.3 Å². The van der Waals surface area contributed by atoms with Gasteiger partial charge >= 0.3 is 11.9 Å².